The van der Waals surface area contributed by atoms with E-state index in [-0.39, 0.29) is 23.8 Å². The predicted octanol–water partition coefficient (Wildman–Crippen LogP) is 2.66. The van der Waals surface area contributed by atoms with Crippen LogP contribution in [0.5, 0.6) is 0 Å². The Morgan fingerprint density at radius 2 is 1.80 bits per heavy atom. The quantitative estimate of drug-likeness (QED) is 0.349. The van der Waals surface area contributed by atoms with E-state index in [9.17, 15) is 28.1 Å². The van der Waals surface area contributed by atoms with Gasteiger partial charge in [0.25, 0.3) is 5.69 Å². The minimum atomic E-state index is -3.98. The molecule has 2 aromatic carbocycles. The van der Waals surface area contributed by atoms with Gasteiger partial charge in [0, 0.05) is 25.2 Å². The highest BCUT2D eigenvalue weighted by atomic mass is 32.2. The van der Waals surface area contributed by atoms with Crippen molar-refractivity contribution in [2.45, 2.75) is 39.7 Å². The van der Waals surface area contributed by atoms with E-state index in [0.717, 1.165) is 28.6 Å². The van der Waals surface area contributed by atoms with Gasteiger partial charge in [0.1, 0.15) is 12.6 Å². The van der Waals surface area contributed by atoms with Crippen molar-refractivity contribution in [2.24, 2.45) is 0 Å². The van der Waals surface area contributed by atoms with Crippen LogP contribution in [0.4, 0.5) is 11.4 Å². The molecule has 0 aromatic heterocycles. The molecule has 0 unspecified atom stereocenters. The molecule has 0 saturated carbocycles. The molecule has 0 spiro atoms. The second-order valence-corrected chi connectivity index (χ2v) is 10.2. The number of aryl methyl sites for hydroxylation is 1. The average Bonchev–Trinajstić information content (AvgIpc) is 2.81. The molecule has 190 valence electrons. The first kappa shape index (κ1) is 27.8. The van der Waals surface area contributed by atoms with E-state index in [1.165, 1.54) is 17.0 Å². The number of nitrogens with one attached hydrogen (secondary N) is 1. The van der Waals surface area contributed by atoms with Gasteiger partial charge in [0.05, 0.1) is 16.9 Å². The van der Waals surface area contributed by atoms with Crippen LogP contribution in [0.1, 0.15) is 31.4 Å². The van der Waals surface area contributed by atoms with Gasteiger partial charge in [-0.25, -0.2) is 8.42 Å². The number of rotatable bonds is 12. The standard InChI is InChI=1S/C24H32N4O6S/c1-5-14-25-24(30)19(3)26(15-13-20-9-7-6-8-10-20)23(29)17-27(35(4,33)34)22-16-21(28(31)32)12-11-18(22)2/h6-12,16,19H,5,13-15,17H2,1-4H3,(H,25,30)/t19-/m0/s1. The number of non-ortho nitro benzene ring substituents is 1. The first-order chi connectivity index (χ1) is 16.5. The summed E-state index contributed by atoms with van der Waals surface area (Å²) in [5.74, 6) is -0.929. The van der Waals surface area contributed by atoms with Gasteiger partial charge in [-0.05, 0) is 37.8 Å². The van der Waals surface area contributed by atoms with Crippen molar-refractivity contribution in [1.29, 1.82) is 0 Å². The van der Waals surface area contributed by atoms with Crippen molar-refractivity contribution >= 4 is 33.2 Å². The number of sulfonamides is 1. The summed E-state index contributed by atoms with van der Waals surface area (Å²) in [6, 6.07) is 12.4. The van der Waals surface area contributed by atoms with E-state index >= 15 is 0 Å². The molecule has 2 rings (SSSR count). The molecule has 0 heterocycles. The summed E-state index contributed by atoms with van der Waals surface area (Å²) in [5, 5.41) is 14.0. The van der Waals surface area contributed by atoms with Crippen LogP contribution in [0.15, 0.2) is 48.5 Å². The molecular weight excluding hydrogens is 472 g/mol. The number of hydrogen-bond donors (Lipinski definition) is 1. The molecule has 0 aliphatic carbocycles. The molecule has 0 fully saturated rings. The number of nitro groups is 1. The molecule has 0 aliphatic rings. The maximum Gasteiger partial charge on any atom is 0.271 e. The molecule has 35 heavy (non-hydrogen) atoms. The number of carbonyl (C=O) groups is 2. The highest BCUT2D eigenvalue weighted by molar-refractivity contribution is 7.92. The molecule has 1 N–H and O–H groups in total. The largest absolute Gasteiger partial charge is 0.354 e. The van der Waals surface area contributed by atoms with E-state index in [0.29, 0.717) is 18.5 Å². The summed E-state index contributed by atoms with van der Waals surface area (Å²) in [6.07, 6.45) is 2.13. The third kappa shape index (κ3) is 7.78. The monoisotopic (exact) mass is 504 g/mol. The third-order valence-electron chi connectivity index (χ3n) is 5.55. The van der Waals surface area contributed by atoms with E-state index < -0.39 is 33.4 Å². The molecule has 2 aromatic rings. The van der Waals surface area contributed by atoms with E-state index in [1.54, 1.807) is 13.8 Å². The minimum absolute atomic E-state index is 0.0427. The second-order valence-electron chi connectivity index (χ2n) is 8.29. The summed E-state index contributed by atoms with van der Waals surface area (Å²) in [6.45, 7) is 5.16. The van der Waals surface area contributed by atoms with E-state index in [4.69, 9.17) is 0 Å². The predicted molar refractivity (Wildman–Crippen MR) is 135 cm³/mol. The Labute approximate surface area is 206 Å². The maximum absolute atomic E-state index is 13.5. The summed E-state index contributed by atoms with van der Waals surface area (Å²) in [7, 11) is -3.98. The van der Waals surface area contributed by atoms with Crippen molar-refractivity contribution < 1.29 is 22.9 Å². The number of amides is 2. The Morgan fingerprint density at radius 1 is 1.14 bits per heavy atom. The van der Waals surface area contributed by atoms with Gasteiger partial charge >= 0.3 is 0 Å². The van der Waals surface area contributed by atoms with Crippen LogP contribution in [0, 0.1) is 17.0 Å². The number of carbonyl (C=O) groups excluding carboxylic acids is 2. The molecule has 0 saturated heterocycles. The number of nitrogens with zero attached hydrogens (tertiary/aromatic N) is 3. The van der Waals surface area contributed by atoms with Crippen molar-refractivity contribution in [3.05, 3.63) is 69.8 Å². The average molecular weight is 505 g/mol. The molecule has 1 atom stereocenters. The first-order valence-corrected chi connectivity index (χ1v) is 13.1. The van der Waals surface area contributed by atoms with Crippen LogP contribution in [0.2, 0.25) is 0 Å². The van der Waals surface area contributed by atoms with Crippen molar-refractivity contribution in [1.82, 2.24) is 10.2 Å². The van der Waals surface area contributed by atoms with Gasteiger partial charge in [0.2, 0.25) is 21.8 Å². The van der Waals surface area contributed by atoms with Crippen molar-refractivity contribution in [3.8, 4) is 0 Å². The molecule has 0 bridgehead atoms. The highest BCUT2D eigenvalue weighted by Gasteiger charge is 2.30. The fraction of sp³-hybridized carbons (Fsp3) is 0.417. The van der Waals surface area contributed by atoms with Crippen molar-refractivity contribution in [3.63, 3.8) is 0 Å². The van der Waals surface area contributed by atoms with E-state index in [2.05, 4.69) is 5.32 Å². The lowest BCUT2D eigenvalue weighted by Crippen LogP contribution is -2.52. The van der Waals surface area contributed by atoms with Crippen LogP contribution in [0.25, 0.3) is 0 Å². The van der Waals surface area contributed by atoms with Crippen LogP contribution < -0.4 is 9.62 Å². The van der Waals surface area contributed by atoms with Gasteiger partial charge in [-0.3, -0.25) is 24.0 Å². The topological polar surface area (TPSA) is 130 Å². The molecular formula is C24H32N4O6S. The van der Waals surface area contributed by atoms with Crippen LogP contribution in [0.3, 0.4) is 0 Å². The summed E-state index contributed by atoms with van der Waals surface area (Å²) < 4.78 is 26.2. The number of nitro benzene ring substituents is 1. The zero-order chi connectivity index (χ0) is 26.2. The summed E-state index contributed by atoms with van der Waals surface area (Å²) in [5.41, 5.74) is 1.17. The van der Waals surface area contributed by atoms with Crippen LogP contribution >= 0.6 is 0 Å². The van der Waals surface area contributed by atoms with Gasteiger partial charge < -0.3 is 10.2 Å². The van der Waals surface area contributed by atoms with E-state index in [1.807, 2.05) is 37.3 Å². The molecule has 0 aliphatic heterocycles. The Kier molecular flexibility index (Phi) is 9.76. The first-order valence-electron chi connectivity index (χ1n) is 11.3. The Morgan fingerprint density at radius 3 is 2.37 bits per heavy atom. The summed E-state index contributed by atoms with van der Waals surface area (Å²) in [4.78, 5) is 38.1. The Bertz CT molecular complexity index is 1150. The Balaban J connectivity index is 2.39. The lowest BCUT2D eigenvalue weighted by Gasteiger charge is -2.31. The lowest BCUT2D eigenvalue weighted by atomic mass is 10.1. The highest BCUT2D eigenvalue weighted by Crippen LogP contribution is 2.27. The zero-order valence-electron chi connectivity index (χ0n) is 20.4. The fourth-order valence-electron chi connectivity index (χ4n) is 3.54. The van der Waals surface area contributed by atoms with Gasteiger partial charge in [0.15, 0.2) is 0 Å². The smallest absolute Gasteiger partial charge is 0.271 e. The number of benzene rings is 2. The van der Waals surface area contributed by atoms with Gasteiger partial charge in [-0.1, -0.05) is 43.3 Å². The number of hydrogen-bond acceptors (Lipinski definition) is 6. The minimum Gasteiger partial charge on any atom is -0.354 e. The number of anilines is 1. The van der Waals surface area contributed by atoms with Gasteiger partial charge in [-0.15, -0.1) is 0 Å². The SMILES string of the molecule is CCCNC(=O)[C@H](C)N(CCc1ccccc1)C(=O)CN(c1cc([N+](=O)[O-])ccc1C)S(C)(=O)=O. The molecule has 0 radical (unpaired) electrons. The normalized spacial score (nSPS) is 12.0. The zero-order valence-corrected chi connectivity index (χ0v) is 21.2. The van der Waals surface area contributed by atoms with Gasteiger partial charge in [-0.2, -0.15) is 0 Å². The maximum atomic E-state index is 13.5. The molecule has 10 nitrogen and oxygen atoms in total. The molecule has 2 amide bonds. The fourth-order valence-corrected chi connectivity index (χ4v) is 4.44. The Hall–Kier alpha value is -3.47. The van der Waals surface area contributed by atoms with Crippen LogP contribution in [-0.4, -0.2) is 62.0 Å². The van der Waals surface area contributed by atoms with Crippen LogP contribution in [-0.2, 0) is 26.0 Å². The summed E-state index contributed by atoms with van der Waals surface area (Å²) >= 11 is 0. The molecule has 11 heteroatoms. The van der Waals surface area contributed by atoms with Crippen molar-refractivity contribution in [2.75, 3.05) is 30.2 Å². The second kappa shape index (κ2) is 12.3. The lowest BCUT2D eigenvalue weighted by molar-refractivity contribution is -0.384. The third-order valence-corrected chi connectivity index (χ3v) is 6.68.